The fourth-order valence-corrected chi connectivity index (χ4v) is 1.77. The van der Waals surface area contributed by atoms with Gasteiger partial charge in [0.25, 0.3) is 0 Å². The molecule has 0 amide bonds. The van der Waals surface area contributed by atoms with Crippen molar-refractivity contribution in [3.63, 3.8) is 0 Å². The van der Waals surface area contributed by atoms with E-state index in [-0.39, 0.29) is 19.1 Å². The molecule has 2 atom stereocenters. The summed E-state index contributed by atoms with van der Waals surface area (Å²) in [6, 6.07) is -0.202. The van der Waals surface area contributed by atoms with Gasteiger partial charge in [-0.3, -0.25) is 0 Å². The largest absolute Gasteiger partial charge is 0.411 e. The molecular formula is C10H14F3N3O3. The first-order valence-corrected chi connectivity index (χ1v) is 5.82. The average molecular weight is 281 g/mol. The van der Waals surface area contributed by atoms with Crippen molar-refractivity contribution in [2.24, 2.45) is 0 Å². The molecule has 0 unspecified atom stereocenters. The summed E-state index contributed by atoms with van der Waals surface area (Å²) in [7, 11) is 0. The van der Waals surface area contributed by atoms with Crippen LogP contribution in [0.5, 0.6) is 0 Å². The molecule has 1 fully saturated rings. The monoisotopic (exact) mass is 281 g/mol. The van der Waals surface area contributed by atoms with Gasteiger partial charge < -0.3 is 19.7 Å². The van der Waals surface area contributed by atoms with Crippen LogP contribution in [0.1, 0.15) is 24.2 Å². The molecular weight excluding hydrogens is 267 g/mol. The minimum absolute atomic E-state index is 0.126. The Kier molecular flexibility index (Phi) is 4.38. The van der Waals surface area contributed by atoms with E-state index >= 15 is 0 Å². The zero-order valence-corrected chi connectivity index (χ0v) is 9.98. The third-order valence-electron chi connectivity index (χ3n) is 2.63. The lowest BCUT2D eigenvalue weighted by Gasteiger charge is -2.05. The van der Waals surface area contributed by atoms with Crippen LogP contribution in [0.3, 0.4) is 0 Å². The minimum atomic E-state index is -4.33. The molecule has 0 aliphatic carbocycles. The van der Waals surface area contributed by atoms with E-state index < -0.39 is 18.9 Å². The Hall–Kier alpha value is -1.19. The molecule has 1 saturated heterocycles. The lowest BCUT2D eigenvalue weighted by atomic mass is 10.2. The summed E-state index contributed by atoms with van der Waals surface area (Å²) in [5.74, 6) is 0.628. The van der Waals surface area contributed by atoms with Crippen molar-refractivity contribution in [1.29, 1.82) is 0 Å². The molecule has 2 rings (SSSR count). The number of nitrogens with one attached hydrogen (secondary N) is 1. The van der Waals surface area contributed by atoms with Crippen molar-refractivity contribution >= 4 is 0 Å². The van der Waals surface area contributed by atoms with Crippen molar-refractivity contribution in [3.05, 3.63) is 11.7 Å². The number of aromatic nitrogens is 2. The van der Waals surface area contributed by atoms with Gasteiger partial charge in [-0.1, -0.05) is 5.16 Å². The van der Waals surface area contributed by atoms with Crippen LogP contribution in [0, 0.1) is 0 Å². The zero-order chi connectivity index (χ0) is 13.9. The van der Waals surface area contributed by atoms with Crippen LogP contribution in [0.2, 0.25) is 0 Å². The van der Waals surface area contributed by atoms with Crippen molar-refractivity contribution in [3.8, 4) is 0 Å². The molecule has 9 heteroatoms. The molecule has 1 aromatic rings. The van der Waals surface area contributed by atoms with Crippen LogP contribution >= 0.6 is 0 Å². The third-order valence-corrected chi connectivity index (χ3v) is 2.63. The number of hydrogen-bond donors (Lipinski definition) is 2. The normalized spacial score (nSPS) is 24.0. The molecule has 0 radical (unpaired) electrons. The zero-order valence-electron chi connectivity index (χ0n) is 9.98. The van der Waals surface area contributed by atoms with Gasteiger partial charge >= 0.3 is 6.18 Å². The summed E-state index contributed by atoms with van der Waals surface area (Å²) in [4.78, 5) is 4.05. The van der Waals surface area contributed by atoms with Gasteiger partial charge in [-0.25, -0.2) is 0 Å². The van der Waals surface area contributed by atoms with Gasteiger partial charge in [-0.15, -0.1) is 0 Å². The lowest BCUT2D eigenvalue weighted by molar-refractivity contribution is -0.173. The first-order chi connectivity index (χ1) is 8.94. The summed E-state index contributed by atoms with van der Waals surface area (Å²) in [6.07, 6.45) is -4.15. The second-order valence-electron chi connectivity index (χ2n) is 4.32. The topological polar surface area (TPSA) is 80.4 Å². The predicted molar refractivity (Wildman–Crippen MR) is 56.2 cm³/mol. The minimum Gasteiger partial charge on any atom is -0.392 e. The Morgan fingerprint density at radius 2 is 2.26 bits per heavy atom. The van der Waals surface area contributed by atoms with Gasteiger partial charge in [0, 0.05) is 13.0 Å². The molecule has 1 aromatic heterocycles. The fraction of sp³-hybridized carbons (Fsp3) is 0.800. The van der Waals surface area contributed by atoms with E-state index in [0.717, 1.165) is 0 Å². The van der Waals surface area contributed by atoms with Gasteiger partial charge in [0.1, 0.15) is 6.61 Å². The van der Waals surface area contributed by atoms with Gasteiger partial charge in [-0.05, 0) is 6.42 Å². The van der Waals surface area contributed by atoms with Crippen molar-refractivity contribution in [2.75, 3.05) is 19.8 Å². The third kappa shape index (κ3) is 4.44. The maximum absolute atomic E-state index is 11.8. The van der Waals surface area contributed by atoms with E-state index in [1.165, 1.54) is 0 Å². The van der Waals surface area contributed by atoms with E-state index in [1.54, 1.807) is 0 Å². The van der Waals surface area contributed by atoms with Crippen LogP contribution in [0.15, 0.2) is 4.52 Å². The SMILES string of the molecule is O[C@@H]1CN[C@@H](c2nc(CCOCC(F)(F)F)no2)C1. The number of nitrogens with zero attached hydrogens (tertiary/aromatic N) is 2. The Labute approximate surface area is 106 Å². The van der Waals surface area contributed by atoms with Gasteiger partial charge in [0.2, 0.25) is 5.89 Å². The Bertz CT molecular complexity index is 410. The molecule has 19 heavy (non-hydrogen) atoms. The molecule has 6 nitrogen and oxygen atoms in total. The van der Waals surface area contributed by atoms with Crippen LogP contribution in [0.4, 0.5) is 13.2 Å². The maximum Gasteiger partial charge on any atom is 0.411 e. The van der Waals surface area contributed by atoms with Gasteiger partial charge in [0.15, 0.2) is 5.82 Å². The number of aliphatic hydroxyl groups is 1. The van der Waals surface area contributed by atoms with E-state index in [1.807, 2.05) is 0 Å². The summed E-state index contributed by atoms with van der Waals surface area (Å²) < 4.78 is 44.9. The smallest absolute Gasteiger partial charge is 0.392 e. The average Bonchev–Trinajstić information content (AvgIpc) is 2.92. The molecule has 0 spiro atoms. The molecule has 1 aliphatic rings. The molecule has 2 heterocycles. The number of halogens is 3. The number of rotatable bonds is 5. The van der Waals surface area contributed by atoms with E-state index in [9.17, 15) is 18.3 Å². The summed E-state index contributed by atoms with van der Waals surface area (Å²) in [6.45, 7) is -0.954. The molecule has 2 N–H and O–H groups in total. The molecule has 0 saturated carbocycles. The van der Waals surface area contributed by atoms with Gasteiger partial charge in [0.05, 0.1) is 18.8 Å². The quantitative estimate of drug-likeness (QED) is 0.769. The maximum atomic E-state index is 11.8. The predicted octanol–water partition coefficient (Wildman–Crippen LogP) is 0.586. The first-order valence-electron chi connectivity index (χ1n) is 5.82. The highest BCUT2D eigenvalue weighted by Gasteiger charge is 2.29. The number of β-amino-alcohol motifs (C(OH)–C–C–N with tert-alkyl or cyclic N) is 1. The highest BCUT2D eigenvalue weighted by Crippen LogP contribution is 2.21. The van der Waals surface area contributed by atoms with E-state index in [0.29, 0.717) is 24.7 Å². The van der Waals surface area contributed by atoms with E-state index in [4.69, 9.17) is 4.52 Å². The molecule has 1 aliphatic heterocycles. The fourth-order valence-electron chi connectivity index (χ4n) is 1.77. The Balaban J connectivity index is 1.75. The summed E-state index contributed by atoms with van der Waals surface area (Å²) in [5.41, 5.74) is 0. The van der Waals surface area contributed by atoms with Crippen LogP contribution in [0.25, 0.3) is 0 Å². The second kappa shape index (κ2) is 5.85. The van der Waals surface area contributed by atoms with Crippen molar-refractivity contribution < 1.29 is 27.5 Å². The number of ether oxygens (including phenoxy) is 1. The number of alkyl halides is 3. The summed E-state index contributed by atoms with van der Waals surface area (Å²) >= 11 is 0. The first kappa shape index (κ1) is 14.2. The van der Waals surface area contributed by atoms with Crippen molar-refractivity contribution in [2.45, 2.75) is 31.2 Å². The standard InChI is InChI=1S/C10H14F3N3O3/c11-10(12,13)5-18-2-1-8-15-9(19-16-8)7-3-6(17)4-14-7/h6-7,14,17H,1-5H2/t6-,7+/m0/s1. The lowest BCUT2D eigenvalue weighted by Crippen LogP contribution is -2.18. The number of aliphatic hydroxyl groups excluding tert-OH is 1. The molecule has 108 valence electrons. The Morgan fingerprint density at radius 3 is 2.89 bits per heavy atom. The summed E-state index contributed by atoms with van der Waals surface area (Å²) in [5, 5.41) is 16.0. The molecule has 0 bridgehead atoms. The van der Waals surface area contributed by atoms with Crippen molar-refractivity contribution in [1.82, 2.24) is 15.5 Å². The van der Waals surface area contributed by atoms with Crippen LogP contribution < -0.4 is 5.32 Å². The van der Waals surface area contributed by atoms with Crippen LogP contribution in [-0.2, 0) is 11.2 Å². The highest BCUT2D eigenvalue weighted by atomic mass is 19.4. The second-order valence-corrected chi connectivity index (χ2v) is 4.32. The Morgan fingerprint density at radius 1 is 1.47 bits per heavy atom. The van der Waals surface area contributed by atoms with E-state index in [2.05, 4.69) is 20.2 Å². The van der Waals surface area contributed by atoms with Crippen LogP contribution in [-0.4, -0.2) is 47.3 Å². The highest BCUT2D eigenvalue weighted by molar-refractivity contribution is 4.97. The van der Waals surface area contributed by atoms with Gasteiger partial charge in [-0.2, -0.15) is 18.2 Å². The number of hydrogen-bond acceptors (Lipinski definition) is 6. The molecule has 0 aromatic carbocycles.